The Morgan fingerprint density at radius 2 is 2.33 bits per heavy atom. The van der Waals surface area contributed by atoms with Crippen LogP contribution in [-0.4, -0.2) is 27.6 Å². The van der Waals surface area contributed by atoms with Gasteiger partial charge in [0.15, 0.2) is 0 Å². The molecule has 2 aromatic heterocycles. The van der Waals surface area contributed by atoms with Gasteiger partial charge in [-0.1, -0.05) is 11.8 Å². The molecule has 0 fully saturated rings. The number of aromatic nitrogens is 2. The third kappa shape index (κ3) is 4.38. The zero-order valence-electron chi connectivity index (χ0n) is 11.6. The van der Waals surface area contributed by atoms with E-state index in [9.17, 15) is 4.79 Å². The van der Waals surface area contributed by atoms with Gasteiger partial charge in [0.1, 0.15) is 5.69 Å². The molecule has 0 saturated carbocycles. The van der Waals surface area contributed by atoms with Crippen LogP contribution in [0, 0.1) is 18.8 Å². The van der Waals surface area contributed by atoms with Gasteiger partial charge in [-0.25, -0.2) is 9.97 Å². The molecule has 0 radical (unpaired) electrons. The van der Waals surface area contributed by atoms with E-state index in [1.165, 1.54) is 0 Å². The highest BCUT2D eigenvalue weighted by Crippen LogP contribution is 2.11. The largest absolute Gasteiger partial charge is 0.395 e. The van der Waals surface area contributed by atoms with E-state index in [1.54, 1.807) is 35.9 Å². The monoisotopic (exact) mass is 301 g/mol. The van der Waals surface area contributed by atoms with Gasteiger partial charge in [0, 0.05) is 23.7 Å². The number of aliphatic hydroxyl groups is 1. The Labute approximate surface area is 127 Å². The molecule has 5 nitrogen and oxygen atoms in total. The molecule has 0 unspecified atom stereocenters. The molecule has 0 aromatic carbocycles. The third-order valence-electron chi connectivity index (χ3n) is 2.57. The van der Waals surface area contributed by atoms with E-state index in [-0.39, 0.29) is 12.5 Å². The zero-order valence-corrected chi connectivity index (χ0v) is 12.4. The second-order valence-corrected chi connectivity index (χ2v) is 5.52. The van der Waals surface area contributed by atoms with Gasteiger partial charge in [-0.2, -0.15) is 0 Å². The van der Waals surface area contributed by atoms with Crippen LogP contribution in [0.4, 0.5) is 0 Å². The third-order valence-corrected chi connectivity index (χ3v) is 3.49. The van der Waals surface area contributed by atoms with Crippen LogP contribution < -0.4 is 5.32 Å². The summed E-state index contributed by atoms with van der Waals surface area (Å²) < 4.78 is 0. The lowest BCUT2D eigenvalue weighted by Gasteiger charge is -2.04. The Kier molecular flexibility index (Phi) is 5.43. The fourth-order valence-corrected chi connectivity index (χ4v) is 2.37. The molecule has 1 amide bonds. The van der Waals surface area contributed by atoms with E-state index in [4.69, 9.17) is 5.11 Å². The van der Waals surface area contributed by atoms with Crippen molar-refractivity contribution in [2.75, 3.05) is 6.61 Å². The maximum Gasteiger partial charge on any atom is 0.271 e. The molecule has 2 aromatic rings. The first-order valence-corrected chi connectivity index (χ1v) is 7.26. The molecule has 0 aliphatic rings. The van der Waals surface area contributed by atoms with E-state index >= 15 is 0 Å². The van der Waals surface area contributed by atoms with Gasteiger partial charge >= 0.3 is 0 Å². The predicted molar refractivity (Wildman–Crippen MR) is 80.8 cm³/mol. The van der Waals surface area contributed by atoms with E-state index in [0.717, 1.165) is 9.88 Å². The van der Waals surface area contributed by atoms with Gasteiger partial charge in [-0.15, -0.1) is 11.3 Å². The van der Waals surface area contributed by atoms with Crippen molar-refractivity contribution in [3.63, 3.8) is 0 Å². The topological polar surface area (TPSA) is 75.1 Å². The van der Waals surface area contributed by atoms with Crippen LogP contribution >= 0.6 is 11.3 Å². The molecule has 0 bridgehead atoms. The van der Waals surface area contributed by atoms with E-state index in [0.29, 0.717) is 24.2 Å². The second kappa shape index (κ2) is 7.53. The Bertz CT molecular complexity index is 685. The summed E-state index contributed by atoms with van der Waals surface area (Å²) in [5.74, 6) is 5.38. The van der Waals surface area contributed by atoms with Crippen LogP contribution in [0.5, 0.6) is 0 Å². The van der Waals surface area contributed by atoms with Gasteiger partial charge in [0.25, 0.3) is 5.91 Å². The normalized spacial score (nSPS) is 9.81. The standard InChI is InChI=1S/C15H15N3O2S/c1-11-17-9-13(21-11)10-18-15(20)14-12(5-2-3-8-19)6-4-7-16-14/h4,6-7,9,19H,3,8,10H2,1H3,(H,18,20). The molecule has 2 rings (SSSR count). The zero-order chi connectivity index (χ0) is 15.1. The molecule has 0 saturated heterocycles. The van der Waals surface area contributed by atoms with Gasteiger partial charge in [0.05, 0.1) is 23.7 Å². The first kappa shape index (κ1) is 15.2. The molecule has 0 aliphatic carbocycles. The Hall–Kier alpha value is -2.23. The van der Waals surface area contributed by atoms with Crippen molar-refractivity contribution in [1.82, 2.24) is 15.3 Å². The summed E-state index contributed by atoms with van der Waals surface area (Å²) >= 11 is 1.54. The number of thiazole rings is 1. The smallest absolute Gasteiger partial charge is 0.271 e. The van der Waals surface area contributed by atoms with Crippen LogP contribution in [0.1, 0.15) is 32.4 Å². The fraction of sp³-hybridized carbons (Fsp3) is 0.267. The van der Waals surface area contributed by atoms with Gasteiger partial charge < -0.3 is 10.4 Å². The number of hydrogen-bond donors (Lipinski definition) is 2. The first-order valence-electron chi connectivity index (χ1n) is 6.45. The highest BCUT2D eigenvalue weighted by atomic mass is 32.1. The van der Waals surface area contributed by atoms with Crippen molar-refractivity contribution in [2.45, 2.75) is 19.9 Å². The quantitative estimate of drug-likeness (QED) is 0.839. The minimum Gasteiger partial charge on any atom is -0.395 e. The van der Waals surface area contributed by atoms with Crippen LogP contribution in [-0.2, 0) is 6.54 Å². The summed E-state index contributed by atoms with van der Waals surface area (Å²) in [6, 6.07) is 3.47. The van der Waals surface area contributed by atoms with Crippen molar-refractivity contribution in [3.05, 3.63) is 45.7 Å². The molecular formula is C15H15N3O2S. The Morgan fingerprint density at radius 1 is 1.48 bits per heavy atom. The molecule has 0 aliphatic heterocycles. The molecule has 6 heteroatoms. The van der Waals surface area contributed by atoms with Crippen molar-refractivity contribution in [2.24, 2.45) is 0 Å². The molecule has 21 heavy (non-hydrogen) atoms. The summed E-state index contributed by atoms with van der Waals surface area (Å²) in [5.41, 5.74) is 0.855. The molecule has 0 spiro atoms. The van der Waals surface area contributed by atoms with Crippen molar-refractivity contribution in [1.29, 1.82) is 0 Å². The lowest BCUT2D eigenvalue weighted by Crippen LogP contribution is -2.24. The van der Waals surface area contributed by atoms with Gasteiger partial charge in [-0.05, 0) is 19.1 Å². The van der Waals surface area contributed by atoms with Crippen LogP contribution in [0.2, 0.25) is 0 Å². The van der Waals surface area contributed by atoms with Gasteiger partial charge in [-0.3, -0.25) is 4.79 Å². The number of amides is 1. The highest BCUT2D eigenvalue weighted by Gasteiger charge is 2.11. The number of carbonyl (C=O) groups excluding carboxylic acids is 1. The summed E-state index contributed by atoms with van der Waals surface area (Å²) in [6.45, 7) is 2.34. The highest BCUT2D eigenvalue weighted by molar-refractivity contribution is 7.11. The van der Waals surface area contributed by atoms with Crippen LogP contribution in [0.25, 0.3) is 0 Å². The van der Waals surface area contributed by atoms with E-state index < -0.39 is 0 Å². The van der Waals surface area contributed by atoms with Crippen LogP contribution in [0.15, 0.2) is 24.5 Å². The van der Waals surface area contributed by atoms with Crippen LogP contribution in [0.3, 0.4) is 0 Å². The van der Waals surface area contributed by atoms with Crippen molar-refractivity contribution in [3.8, 4) is 11.8 Å². The van der Waals surface area contributed by atoms with Crippen molar-refractivity contribution >= 4 is 17.2 Å². The molecule has 2 N–H and O–H groups in total. The van der Waals surface area contributed by atoms with Gasteiger partial charge in [0.2, 0.25) is 0 Å². The molecule has 0 atom stereocenters. The Balaban J connectivity index is 2.07. The number of hydrogen-bond acceptors (Lipinski definition) is 5. The predicted octanol–water partition coefficient (Wildman–Crippen LogP) is 1.51. The average Bonchev–Trinajstić information content (AvgIpc) is 2.91. The fourth-order valence-electron chi connectivity index (χ4n) is 1.64. The number of nitrogens with one attached hydrogen (secondary N) is 1. The molecular weight excluding hydrogens is 286 g/mol. The number of pyridine rings is 1. The van der Waals surface area contributed by atoms with E-state index in [1.807, 2.05) is 6.92 Å². The minimum atomic E-state index is -0.269. The summed E-state index contributed by atoms with van der Waals surface area (Å²) in [6.07, 6.45) is 3.68. The maximum absolute atomic E-state index is 12.2. The Morgan fingerprint density at radius 3 is 3.05 bits per heavy atom. The maximum atomic E-state index is 12.2. The number of aliphatic hydroxyl groups excluding tert-OH is 1. The molecule has 108 valence electrons. The number of rotatable bonds is 4. The lowest BCUT2D eigenvalue weighted by atomic mass is 10.2. The SMILES string of the molecule is Cc1ncc(CNC(=O)c2ncccc2C#CCCO)s1. The average molecular weight is 301 g/mol. The minimum absolute atomic E-state index is 0.000475. The van der Waals surface area contributed by atoms with E-state index in [2.05, 4.69) is 27.1 Å². The summed E-state index contributed by atoms with van der Waals surface area (Å²) in [5, 5.41) is 12.5. The number of nitrogens with zero attached hydrogens (tertiary/aromatic N) is 2. The molecule has 2 heterocycles. The van der Waals surface area contributed by atoms with Crippen molar-refractivity contribution < 1.29 is 9.90 Å². The first-order chi connectivity index (χ1) is 10.2. The summed E-state index contributed by atoms with van der Waals surface area (Å²) in [7, 11) is 0. The summed E-state index contributed by atoms with van der Waals surface area (Å²) in [4.78, 5) is 21.4. The lowest BCUT2D eigenvalue weighted by molar-refractivity contribution is 0.0946. The number of aryl methyl sites for hydroxylation is 1. The second-order valence-electron chi connectivity index (χ2n) is 4.20. The number of carbonyl (C=O) groups is 1.